The second-order valence-electron chi connectivity index (χ2n) is 5.25. The van der Waals surface area contributed by atoms with Gasteiger partial charge in [-0.1, -0.05) is 6.07 Å². The van der Waals surface area contributed by atoms with Crippen LogP contribution in [0.25, 0.3) is 11.1 Å². The fraction of sp³-hybridized carbons (Fsp3) is 0.467. The Kier molecular flexibility index (Phi) is 5.16. The van der Waals surface area contributed by atoms with Crippen LogP contribution in [0.15, 0.2) is 22.6 Å². The summed E-state index contributed by atoms with van der Waals surface area (Å²) in [6.07, 6.45) is 2.54. The number of fused-ring (bicyclic) bond motifs is 1. The van der Waals surface area contributed by atoms with Gasteiger partial charge in [0.2, 0.25) is 0 Å². The summed E-state index contributed by atoms with van der Waals surface area (Å²) in [4.78, 5) is 15.2. The summed E-state index contributed by atoms with van der Waals surface area (Å²) >= 11 is 0. The predicted molar refractivity (Wildman–Crippen MR) is 81.6 cm³/mol. The zero-order chi connectivity index (χ0) is 15.2. The first-order valence-electron chi connectivity index (χ1n) is 7.03. The highest BCUT2D eigenvalue weighted by Gasteiger charge is 2.20. The molecule has 2 heterocycles. The van der Waals surface area contributed by atoms with Gasteiger partial charge in [0.25, 0.3) is 12.5 Å². The molecule has 0 saturated carbocycles. The zero-order valence-corrected chi connectivity index (χ0v) is 12.4. The Balaban J connectivity index is 0.000000497. The Labute approximate surface area is 123 Å². The summed E-state index contributed by atoms with van der Waals surface area (Å²) in [5.41, 5.74) is 2.98. The van der Waals surface area contributed by atoms with Crippen molar-refractivity contribution < 1.29 is 14.3 Å². The van der Waals surface area contributed by atoms with Gasteiger partial charge in [-0.3, -0.25) is 4.79 Å². The van der Waals surface area contributed by atoms with E-state index in [-0.39, 0.29) is 6.47 Å². The topological polar surface area (TPSA) is 78.6 Å². The first kappa shape index (κ1) is 15.3. The maximum atomic E-state index is 8.36. The third kappa shape index (κ3) is 3.95. The van der Waals surface area contributed by atoms with Gasteiger partial charge in [0.1, 0.15) is 5.52 Å². The lowest BCUT2D eigenvalue weighted by Gasteiger charge is -2.18. The van der Waals surface area contributed by atoms with Crippen LogP contribution in [0.2, 0.25) is 0 Å². The number of nitrogens with one attached hydrogen (secondary N) is 1. The number of aromatic nitrogens is 1. The first-order chi connectivity index (χ1) is 10.1. The number of aryl methyl sites for hydroxylation is 1. The number of benzene rings is 1. The highest BCUT2D eigenvalue weighted by atomic mass is 16.4. The van der Waals surface area contributed by atoms with Gasteiger partial charge in [0.05, 0.1) is 0 Å². The molecule has 6 nitrogen and oxygen atoms in total. The van der Waals surface area contributed by atoms with Crippen LogP contribution in [0.4, 0.5) is 6.01 Å². The average Bonchev–Trinajstić information content (AvgIpc) is 3.02. The molecule has 21 heavy (non-hydrogen) atoms. The molecule has 2 aromatic rings. The van der Waals surface area contributed by atoms with E-state index in [0.717, 1.165) is 17.6 Å². The molecule has 0 amide bonds. The van der Waals surface area contributed by atoms with E-state index < -0.39 is 0 Å². The number of rotatable bonds is 3. The molecular formula is C15H21N3O3. The van der Waals surface area contributed by atoms with Crippen molar-refractivity contribution in [3.05, 3.63) is 23.8 Å². The maximum absolute atomic E-state index is 8.36. The van der Waals surface area contributed by atoms with Crippen molar-refractivity contribution in [3.8, 4) is 0 Å². The van der Waals surface area contributed by atoms with Crippen molar-refractivity contribution in [1.29, 1.82) is 0 Å². The summed E-state index contributed by atoms with van der Waals surface area (Å²) in [6, 6.07) is 7.30. The number of oxazole rings is 1. The van der Waals surface area contributed by atoms with Crippen molar-refractivity contribution in [2.24, 2.45) is 0 Å². The highest BCUT2D eigenvalue weighted by molar-refractivity contribution is 5.75. The molecule has 1 aliphatic rings. The van der Waals surface area contributed by atoms with Crippen LogP contribution < -0.4 is 5.32 Å². The van der Waals surface area contributed by atoms with Crippen molar-refractivity contribution in [3.63, 3.8) is 0 Å². The Morgan fingerprint density at radius 3 is 3.00 bits per heavy atom. The van der Waals surface area contributed by atoms with E-state index >= 15 is 0 Å². The lowest BCUT2D eigenvalue weighted by molar-refractivity contribution is -0.122. The molecule has 1 fully saturated rings. The number of likely N-dealkylation sites (N-methyl/N-ethyl adjacent to an activating group) is 1. The quantitative estimate of drug-likeness (QED) is 0.845. The standard InChI is InChI=1S/C14H19N3O.CH2O2/c1-10-5-6-13-12(8-10)16-14(18-13)15-9-11-4-3-7-17(11)2;2-1-3/h5-6,8,11H,3-4,7,9H2,1-2H3,(H,15,16);1H,(H,2,3). The first-order valence-corrected chi connectivity index (χ1v) is 7.03. The lowest BCUT2D eigenvalue weighted by atomic mass is 10.2. The number of hydrogen-bond acceptors (Lipinski definition) is 5. The minimum absolute atomic E-state index is 0.250. The molecular weight excluding hydrogens is 270 g/mol. The van der Waals surface area contributed by atoms with Gasteiger partial charge in [-0.05, 0) is 51.1 Å². The molecule has 1 saturated heterocycles. The molecule has 1 aromatic heterocycles. The molecule has 1 atom stereocenters. The largest absolute Gasteiger partial charge is 0.483 e. The van der Waals surface area contributed by atoms with E-state index in [1.54, 1.807) is 0 Å². The second kappa shape index (κ2) is 7.08. The molecule has 0 aliphatic carbocycles. The fourth-order valence-electron chi connectivity index (χ4n) is 2.56. The Bertz CT molecular complexity index is 597. The van der Waals surface area contributed by atoms with Gasteiger partial charge in [-0.2, -0.15) is 4.98 Å². The fourth-order valence-corrected chi connectivity index (χ4v) is 2.56. The van der Waals surface area contributed by atoms with E-state index in [9.17, 15) is 0 Å². The predicted octanol–water partition coefficient (Wildman–Crippen LogP) is 2.34. The molecule has 2 N–H and O–H groups in total. The Hall–Kier alpha value is -2.08. The third-order valence-electron chi connectivity index (χ3n) is 3.70. The van der Waals surface area contributed by atoms with Crippen molar-refractivity contribution in [1.82, 2.24) is 9.88 Å². The van der Waals surface area contributed by atoms with Crippen molar-refractivity contribution >= 4 is 23.6 Å². The minimum atomic E-state index is -0.250. The number of nitrogens with zero attached hydrogens (tertiary/aromatic N) is 2. The van der Waals surface area contributed by atoms with Gasteiger partial charge in [-0.15, -0.1) is 0 Å². The molecule has 0 radical (unpaired) electrons. The average molecular weight is 291 g/mol. The zero-order valence-electron chi connectivity index (χ0n) is 12.4. The second-order valence-corrected chi connectivity index (χ2v) is 5.25. The Morgan fingerprint density at radius 1 is 1.57 bits per heavy atom. The van der Waals surface area contributed by atoms with E-state index in [4.69, 9.17) is 14.3 Å². The third-order valence-corrected chi connectivity index (χ3v) is 3.70. The van der Waals surface area contributed by atoms with E-state index in [2.05, 4.69) is 29.2 Å². The Morgan fingerprint density at radius 2 is 2.33 bits per heavy atom. The van der Waals surface area contributed by atoms with Gasteiger partial charge < -0.3 is 19.7 Å². The van der Waals surface area contributed by atoms with Crippen LogP contribution in [0.3, 0.4) is 0 Å². The summed E-state index contributed by atoms with van der Waals surface area (Å²) in [6.45, 7) is 3.91. The smallest absolute Gasteiger partial charge is 0.295 e. The molecule has 0 spiro atoms. The van der Waals surface area contributed by atoms with Crippen LogP contribution in [-0.2, 0) is 4.79 Å². The maximum Gasteiger partial charge on any atom is 0.295 e. The van der Waals surface area contributed by atoms with Crippen LogP contribution in [0.1, 0.15) is 18.4 Å². The summed E-state index contributed by atoms with van der Waals surface area (Å²) in [7, 11) is 2.18. The molecule has 114 valence electrons. The van der Waals surface area contributed by atoms with Gasteiger partial charge in [0.15, 0.2) is 5.58 Å². The number of carboxylic acid groups (broad SMARTS) is 1. The number of hydrogen-bond donors (Lipinski definition) is 2. The normalized spacial score (nSPS) is 18.3. The van der Waals surface area contributed by atoms with Crippen molar-refractivity contribution in [2.75, 3.05) is 25.5 Å². The monoisotopic (exact) mass is 291 g/mol. The summed E-state index contributed by atoms with van der Waals surface area (Å²) in [5.74, 6) is 0. The van der Waals surface area contributed by atoms with Crippen LogP contribution in [0.5, 0.6) is 0 Å². The summed E-state index contributed by atoms with van der Waals surface area (Å²) < 4.78 is 5.68. The van der Waals surface area contributed by atoms with Crippen LogP contribution >= 0.6 is 0 Å². The molecule has 1 aromatic carbocycles. The number of carbonyl (C=O) groups is 1. The molecule has 0 bridgehead atoms. The molecule has 1 aliphatic heterocycles. The molecule has 1 unspecified atom stereocenters. The molecule has 3 rings (SSSR count). The SMILES string of the molecule is Cc1ccc2oc(NCC3CCCN3C)nc2c1.O=CO. The molecule has 6 heteroatoms. The summed E-state index contributed by atoms with van der Waals surface area (Å²) in [5, 5.41) is 10.2. The van der Waals surface area contributed by atoms with Crippen LogP contribution in [0, 0.1) is 6.92 Å². The minimum Gasteiger partial charge on any atom is -0.483 e. The van der Waals surface area contributed by atoms with E-state index in [1.807, 2.05) is 18.2 Å². The highest BCUT2D eigenvalue weighted by Crippen LogP contribution is 2.21. The van der Waals surface area contributed by atoms with E-state index in [1.165, 1.54) is 24.9 Å². The lowest BCUT2D eigenvalue weighted by Crippen LogP contribution is -2.31. The van der Waals surface area contributed by atoms with Crippen LogP contribution in [-0.4, -0.2) is 47.6 Å². The van der Waals surface area contributed by atoms with Crippen molar-refractivity contribution in [2.45, 2.75) is 25.8 Å². The van der Waals surface area contributed by atoms with Gasteiger partial charge in [0, 0.05) is 12.6 Å². The van der Waals surface area contributed by atoms with E-state index in [0.29, 0.717) is 12.1 Å². The number of anilines is 1. The number of likely N-dealkylation sites (tertiary alicyclic amines) is 1. The van der Waals surface area contributed by atoms with Gasteiger partial charge >= 0.3 is 0 Å². The van der Waals surface area contributed by atoms with Gasteiger partial charge in [-0.25, -0.2) is 0 Å².